The van der Waals surface area contributed by atoms with Crippen LogP contribution in [0.3, 0.4) is 0 Å². The molecule has 1 aliphatic heterocycles. The lowest BCUT2D eigenvalue weighted by Gasteiger charge is -2.13. The van der Waals surface area contributed by atoms with Gasteiger partial charge in [-0.25, -0.2) is 0 Å². The lowest BCUT2D eigenvalue weighted by molar-refractivity contribution is -0.138. The van der Waals surface area contributed by atoms with Crippen LogP contribution < -0.4 is 5.32 Å². The minimum atomic E-state index is -4.67. The summed E-state index contributed by atoms with van der Waals surface area (Å²) in [6, 6.07) is 0.711. The summed E-state index contributed by atoms with van der Waals surface area (Å²) in [5.41, 5.74) is -1.75. The Bertz CT molecular complexity index is 560. The van der Waals surface area contributed by atoms with Gasteiger partial charge in [-0.05, 0) is 26.1 Å². The number of halogens is 3. The van der Waals surface area contributed by atoms with Gasteiger partial charge in [0.1, 0.15) is 0 Å². The predicted octanol–water partition coefficient (Wildman–Crippen LogP) is 1.31. The summed E-state index contributed by atoms with van der Waals surface area (Å²) in [5.74, 6) is -2.01. The number of alkyl halides is 3. The van der Waals surface area contributed by atoms with Crippen molar-refractivity contribution < 1.29 is 22.8 Å². The number of rotatable bonds is 2. The van der Waals surface area contributed by atoms with Crippen molar-refractivity contribution in [3.8, 4) is 0 Å². The SMILES string of the molecule is CN1CCC(C(=O)NC(=O)c2cnccc2C(F)(F)F)C1. The first-order valence-corrected chi connectivity index (χ1v) is 6.34. The molecular weight excluding hydrogens is 287 g/mol. The number of nitrogens with zero attached hydrogens (tertiary/aromatic N) is 2. The molecule has 1 saturated heterocycles. The minimum Gasteiger partial charge on any atom is -0.306 e. The van der Waals surface area contributed by atoms with Gasteiger partial charge in [-0.1, -0.05) is 0 Å². The number of amides is 2. The highest BCUT2D eigenvalue weighted by Gasteiger charge is 2.36. The summed E-state index contributed by atoms with van der Waals surface area (Å²) < 4.78 is 38.4. The van der Waals surface area contributed by atoms with E-state index in [0.717, 1.165) is 12.4 Å². The molecule has 0 radical (unpaired) electrons. The Morgan fingerprint density at radius 1 is 1.43 bits per heavy atom. The fourth-order valence-electron chi connectivity index (χ4n) is 2.25. The molecule has 2 rings (SSSR count). The third-order valence-electron chi connectivity index (χ3n) is 3.37. The first kappa shape index (κ1) is 15.4. The van der Waals surface area contributed by atoms with Crippen LogP contribution in [0, 0.1) is 5.92 Å². The molecule has 1 unspecified atom stereocenters. The van der Waals surface area contributed by atoms with E-state index in [0.29, 0.717) is 25.6 Å². The summed E-state index contributed by atoms with van der Waals surface area (Å²) in [7, 11) is 1.83. The Labute approximate surface area is 119 Å². The van der Waals surface area contributed by atoms with Gasteiger partial charge in [0, 0.05) is 18.9 Å². The molecule has 21 heavy (non-hydrogen) atoms. The first-order chi connectivity index (χ1) is 9.79. The molecule has 0 saturated carbocycles. The molecule has 5 nitrogen and oxygen atoms in total. The van der Waals surface area contributed by atoms with Gasteiger partial charge in [-0.3, -0.25) is 19.9 Å². The molecule has 114 valence electrons. The standard InChI is InChI=1S/C13H14F3N3O2/c1-19-5-3-8(7-19)11(20)18-12(21)9-6-17-4-2-10(9)13(14,15)16/h2,4,6,8H,3,5,7H2,1H3,(H,18,20,21). The Hall–Kier alpha value is -1.96. The van der Waals surface area contributed by atoms with Gasteiger partial charge in [-0.2, -0.15) is 13.2 Å². The Morgan fingerprint density at radius 2 is 2.14 bits per heavy atom. The fraction of sp³-hybridized carbons (Fsp3) is 0.462. The fourth-order valence-corrected chi connectivity index (χ4v) is 2.25. The maximum absolute atomic E-state index is 12.8. The monoisotopic (exact) mass is 301 g/mol. The number of carbonyl (C=O) groups excluding carboxylic acids is 2. The van der Waals surface area contributed by atoms with Gasteiger partial charge in [0.15, 0.2) is 0 Å². The summed E-state index contributed by atoms with van der Waals surface area (Å²) >= 11 is 0. The van der Waals surface area contributed by atoms with Crippen LogP contribution in [0.2, 0.25) is 0 Å². The van der Waals surface area contributed by atoms with Crippen molar-refractivity contribution in [2.24, 2.45) is 5.92 Å². The number of nitrogens with one attached hydrogen (secondary N) is 1. The number of hydrogen-bond acceptors (Lipinski definition) is 4. The van der Waals surface area contributed by atoms with E-state index < -0.39 is 29.1 Å². The summed E-state index contributed by atoms with van der Waals surface area (Å²) in [5, 5.41) is 2.03. The van der Waals surface area contributed by atoms with Gasteiger partial charge < -0.3 is 4.90 Å². The van der Waals surface area contributed by atoms with Crippen LogP contribution in [-0.4, -0.2) is 41.8 Å². The molecule has 1 N–H and O–H groups in total. The van der Waals surface area contributed by atoms with E-state index in [1.807, 2.05) is 17.3 Å². The third kappa shape index (κ3) is 3.57. The van der Waals surface area contributed by atoms with Crippen LogP contribution in [0.5, 0.6) is 0 Å². The normalized spacial score (nSPS) is 19.5. The van der Waals surface area contributed by atoms with Crippen molar-refractivity contribution in [1.82, 2.24) is 15.2 Å². The van der Waals surface area contributed by atoms with Crippen LogP contribution in [-0.2, 0) is 11.0 Å². The number of imide groups is 1. The molecule has 1 aliphatic rings. The van der Waals surface area contributed by atoms with Gasteiger partial charge in [0.2, 0.25) is 5.91 Å². The number of hydrogen-bond donors (Lipinski definition) is 1. The third-order valence-corrected chi connectivity index (χ3v) is 3.37. The van der Waals surface area contributed by atoms with E-state index >= 15 is 0 Å². The molecule has 0 aliphatic carbocycles. The van der Waals surface area contributed by atoms with Crippen molar-refractivity contribution >= 4 is 11.8 Å². The van der Waals surface area contributed by atoms with Crippen LogP contribution >= 0.6 is 0 Å². The average Bonchev–Trinajstić information content (AvgIpc) is 2.84. The van der Waals surface area contributed by atoms with E-state index in [-0.39, 0.29) is 5.92 Å². The van der Waals surface area contributed by atoms with E-state index in [1.165, 1.54) is 0 Å². The smallest absolute Gasteiger partial charge is 0.306 e. The largest absolute Gasteiger partial charge is 0.417 e. The van der Waals surface area contributed by atoms with Crippen LogP contribution in [0.15, 0.2) is 18.5 Å². The predicted molar refractivity (Wildman–Crippen MR) is 67.3 cm³/mol. The highest BCUT2D eigenvalue weighted by Crippen LogP contribution is 2.31. The highest BCUT2D eigenvalue weighted by atomic mass is 19.4. The molecule has 1 aromatic heterocycles. The molecule has 1 atom stereocenters. The van der Waals surface area contributed by atoms with E-state index in [1.54, 1.807) is 0 Å². The maximum atomic E-state index is 12.8. The Balaban J connectivity index is 2.12. The summed E-state index contributed by atoms with van der Waals surface area (Å²) in [6.45, 7) is 1.20. The molecule has 0 bridgehead atoms. The van der Waals surface area contributed by atoms with Gasteiger partial charge >= 0.3 is 6.18 Å². The Kier molecular flexibility index (Phi) is 4.26. The summed E-state index contributed by atoms with van der Waals surface area (Å²) in [6.07, 6.45) is -2.33. The molecule has 2 heterocycles. The van der Waals surface area contributed by atoms with Crippen molar-refractivity contribution in [2.75, 3.05) is 20.1 Å². The molecule has 2 amide bonds. The Morgan fingerprint density at radius 3 is 2.71 bits per heavy atom. The number of likely N-dealkylation sites (tertiary alicyclic amines) is 1. The molecule has 1 fully saturated rings. The van der Waals surface area contributed by atoms with Crippen LogP contribution in [0.1, 0.15) is 22.3 Å². The van der Waals surface area contributed by atoms with E-state index in [9.17, 15) is 22.8 Å². The second-order valence-corrected chi connectivity index (χ2v) is 4.99. The zero-order valence-electron chi connectivity index (χ0n) is 11.3. The molecule has 8 heteroatoms. The molecule has 1 aromatic rings. The quantitative estimate of drug-likeness (QED) is 0.837. The molecule has 0 aromatic carbocycles. The first-order valence-electron chi connectivity index (χ1n) is 6.34. The number of aromatic nitrogens is 1. The van der Waals surface area contributed by atoms with Gasteiger partial charge in [0.05, 0.1) is 17.0 Å². The number of pyridine rings is 1. The topological polar surface area (TPSA) is 62.3 Å². The summed E-state index contributed by atoms with van der Waals surface area (Å²) in [4.78, 5) is 29.2. The molecular formula is C13H14F3N3O2. The zero-order valence-corrected chi connectivity index (χ0v) is 11.3. The van der Waals surface area contributed by atoms with Crippen LogP contribution in [0.25, 0.3) is 0 Å². The second-order valence-electron chi connectivity index (χ2n) is 4.99. The van der Waals surface area contributed by atoms with E-state index in [2.05, 4.69) is 4.98 Å². The number of carbonyl (C=O) groups is 2. The van der Waals surface area contributed by atoms with Gasteiger partial charge in [-0.15, -0.1) is 0 Å². The van der Waals surface area contributed by atoms with Gasteiger partial charge in [0.25, 0.3) is 5.91 Å². The second kappa shape index (κ2) is 5.80. The zero-order chi connectivity index (χ0) is 15.6. The van der Waals surface area contributed by atoms with Crippen molar-refractivity contribution in [3.05, 3.63) is 29.6 Å². The van der Waals surface area contributed by atoms with Crippen molar-refractivity contribution in [1.29, 1.82) is 0 Å². The minimum absolute atomic E-state index is 0.384. The van der Waals surface area contributed by atoms with Crippen molar-refractivity contribution in [2.45, 2.75) is 12.6 Å². The average molecular weight is 301 g/mol. The highest BCUT2D eigenvalue weighted by molar-refractivity contribution is 6.06. The van der Waals surface area contributed by atoms with Crippen LogP contribution in [0.4, 0.5) is 13.2 Å². The lowest BCUT2D eigenvalue weighted by Crippen LogP contribution is -2.37. The maximum Gasteiger partial charge on any atom is 0.417 e. The lowest BCUT2D eigenvalue weighted by atomic mass is 10.1. The van der Waals surface area contributed by atoms with E-state index in [4.69, 9.17) is 0 Å². The molecule has 0 spiro atoms. The van der Waals surface area contributed by atoms with Crippen molar-refractivity contribution in [3.63, 3.8) is 0 Å².